The van der Waals surface area contributed by atoms with Crippen LogP contribution in [0.5, 0.6) is 5.75 Å². The number of amides is 2. The van der Waals surface area contributed by atoms with Crippen molar-refractivity contribution in [2.75, 3.05) is 24.5 Å². The van der Waals surface area contributed by atoms with Gasteiger partial charge in [-0.3, -0.25) is 13.9 Å². The lowest BCUT2D eigenvalue weighted by atomic mass is 10.0. The van der Waals surface area contributed by atoms with Crippen LogP contribution < -0.4 is 14.4 Å². The smallest absolute Gasteiger partial charge is 0.264 e. The van der Waals surface area contributed by atoms with Crippen molar-refractivity contribution < 1.29 is 22.7 Å². The number of sulfonamides is 1. The third-order valence-corrected chi connectivity index (χ3v) is 9.41. The molecule has 8 nitrogen and oxygen atoms in total. The van der Waals surface area contributed by atoms with Crippen molar-refractivity contribution in [2.24, 2.45) is 0 Å². The summed E-state index contributed by atoms with van der Waals surface area (Å²) in [5.41, 5.74) is 1.86. The molecule has 0 heterocycles. The molecule has 1 atom stereocenters. The fourth-order valence-corrected chi connectivity index (χ4v) is 6.58. The van der Waals surface area contributed by atoms with Gasteiger partial charge in [-0.15, -0.1) is 0 Å². The quantitative estimate of drug-likeness (QED) is 0.157. The Labute approximate surface area is 270 Å². The number of hydrogen-bond acceptors (Lipinski definition) is 5. The average Bonchev–Trinajstić information content (AvgIpc) is 3.06. The number of carbonyl (C=O) groups is 2. The average molecular weight is 648 g/mol. The molecule has 45 heavy (non-hydrogen) atoms. The summed E-state index contributed by atoms with van der Waals surface area (Å²) in [6.45, 7) is 2.03. The summed E-state index contributed by atoms with van der Waals surface area (Å²) < 4.78 is 34.5. The summed E-state index contributed by atoms with van der Waals surface area (Å²) in [6, 6.07) is 30.3. The third-order valence-electron chi connectivity index (χ3n) is 7.33. The van der Waals surface area contributed by atoms with Crippen LogP contribution in [-0.4, -0.2) is 51.4 Å². The standard InChI is InChI=1S/C35H38ClN3O5S/c1-3-4-22-37-35(41)32(23-27-14-8-5-9-15-27)38(25-28-16-10-6-11-17-28)34(40)26-39(29-20-21-33(44-2)31(36)24-29)45(42,43)30-18-12-7-13-19-30/h5-21,24,32H,3-4,22-23,25-26H2,1-2H3,(H,37,41). The van der Waals surface area contributed by atoms with Crippen LogP contribution in [0.15, 0.2) is 114 Å². The summed E-state index contributed by atoms with van der Waals surface area (Å²) in [7, 11) is -2.77. The normalized spacial score (nSPS) is 11.8. The topological polar surface area (TPSA) is 96.0 Å². The Balaban J connectivity index is 1.79. The largest absolute Gasteiger partial charge is 0.495 e. The number of benzene rings is 4. The van der Waals surface area contributed by atoms with E-state index >= 15 is 0 Å². The molecule has 4 aromatic carbocycles. The first-order valence-electron chi connectivity index (χ1n) is 14.8. The monoisotopic (exact) mass is 647 g/mol. The van der Waals surface area contributed by atoms with Crippen molar-refractivity contribution in [3.8, 4) is 5.75 Å². The maximum absolute atomic E-state index is 14.5. The summed E-state index contributed by atoms with van der Waals surface area (Å²) >= 11 is 6.42. The predicted octanol–water partition coefficient (Wildman–Crippen LogP) is 6.10. The highest BCUT2D eigenvalue weighted by Crippen LogP contribution is 2.32. The first-order chi connectivity index (χ1) is 21.7. The Morgan fingerprint density at radius 2 is 1.47 bits per heavy atom. The second-order valence-electron chi connectivity index (χ2n) is 10.5. The van der Waals surface area contributed by atoms with Crippen LogP contribution in [0.4, 0.5) is 5.69 Å². The molecule has 0 spiro atoms. The van der Waals surface area contributed by atoms with Crippen LogP contribution in [0, 0.1) is 0 Å². The van der Waals surface area contributed by atoms with Crippen LogP contribution in [0.1, 0.15) is 30.9 Å². The summed E-state index contributed by atoms with van der Waals surface area (Å²) in [6.07, 6.45) is 1.93. The van der Waals surface area contributed by atoms with E-state index in [1.807, 2.05) is 67.6 Å². The minimum absolute atomic E-state index is 0.0116. The van der Waals surface area contributed by atoms with Gasteiger partial charge in [0.15, 0.2) is 0 Å². The van der Waals surface area contributed by atoms with E-state index in [9.17, 15) is 18.0 Å². The van der Waals surface area contributed by atoms with Crippen LogP contribution in [0.2, 0.25) is 5.02 Å². The minimum Gasteiger partial charge on any atom is -0.495 e. The number of halogens is 1. The maximum Gasteiger partial charge on any atom is 0.264 e. The van der Waals surface area contributed by atoms with E-state index in [0.29, 0.717) is 12.3 Å². The molecule has 0 saturated heterocycles. The summed E-state index contributed by atoms with van der Waals surface area (Å²) in [4.78, 5) is 29.7. The Morgan fingerprint density at radius 3 is 2.04 bits per heavy atom. The van der Waals surface area contributed by atoms with Crippen molar-refractivity contribution in [3.63, 3.8) is 0 Å². The molecule has 0 aliphatic rings. The second-order valence-corrected chi connectivity index (χ2v) is 12.8. The summed E-state index contributed by atoms with van der Waals surface area (Å²) in [5.74, 6) is -0.486. The Hall–Kier alpha value is -4.34. The van der Waals surface area contributed by atoms with Crippen LogP contribution >= 0.6 is 11.6 Å². The second kappa shape index (κ2) is 16.1. The van der Waals surface area contributed by atoms with Gasteiger partial charge in [0, 0.05) is 19.5 Å². The van der Waals surface area contributed by atoms with Gasteiger partial charge in [0.1, 0.15) is 18.3 Å². The third kappa shape index (κ3) is 8.86. The Bertz CT molecular complexity index is 1650. The first-order valence-corrected chi connectivity index (χ1v) is 16.6. The molecule has 0 radical (unpaired) electrons. The lowest BCUT2D eigenvalue weighted by molar-refractivity contribution is -0.140. The summed E-state index contributed by atoms with van der Waals surface area (Å²) in [5, 5.41) is 3.18. The van der Waals surface area contributed by atoms with E-state index in [0.717, 1.165) is 28.3 Å². The molecular formula is C35H38ClN3O5S. The van der Waals surface area contributed by atoms with Crippen LogP contribution in [-0.2, 0) is 32.6 Å². The molecule has 0 aliphatic heterocycles. The molecule has 1 unspecified atom stereocenters. The highest BCUT2D eigenvalue weighted by Gasteiger charge is 2.34. The number of nitrogens with one attached hydrogen (secondary N) is 1. The van der Waals surface area contributed by atoms with Gasteiger partial charge in [0.25, 0.3) is 10.0 Å². The van der Waals surface area contributed by atoms with Gasteiger partial charge in [-0.05, 0) is 47.9 Å². The Kier molecular flexibility index (Phi) is 12.0. The van der Waals surface area contributed by atoms with Gasteiger partial charge in [-0.2, -0.15) is 0 Å². The van der Waals surface area contributed by atoms with Crippen molar-refractivity contribution in [1.82, 2.24) is 10.2 Å². The lowest BCUT2D eigenvalue weighted by Crippen LogP contribution is -2.53. The van der Waals surface area contributed by atoms with Crippen molar-refractivity contribution in [3.05, 3.63) is 125 Å². The number of rotatable bonds is 15. The lowest BCUT2D eigenvalue weighted by Gasteiger charge is -2.34. The van der Waals surface area contributed by atoms with Gasteiger partial charge in [-0.25, -0.2) is 8.42 Å². The molecule has 4 rings (SSSR count). The first kappa shape index (κ1) is 33.6. The number of anilines is 1. The number of nitrogens with zero attached hydrogens (tertiary/aromatic N) is 2. The van der Waals surface area contributed by atoms with Crippen molar-refractivity contribution >= 4 is 39.1 Å². The number of carbonyl (C=O) groups excluding carboxylic acids is 2. The molecule has 2 amide bonds. The molecule has 1 N–H and O–H groups in total. The van der Waals surface area contributed by atoms with E-state index < -0.39 is 28.5 Å². The van der Waals surface area contributed by atoms with Crippen LogP contribution in [0.3, 0.4) is 0 Å². The number of methoxy groups -OCH3 is 1. The van der Waals surface area contributed by atoms with Crippen LogP contribution in [0.25, 0.3) is 0 Å². The van der Waals surface area contributed by atoms with Gasteiger partial charge in [0.05, 0.1) is 22.7 Å². The molecule has 0 saturated carbocycles. The Morgan fingerprint density at radius 1 is 0.867 bits per heavy atom. The van der Waals surface area contributed by atoms with Gasteiger partial charge in [0.2, 0.25) is 11.8 Å². The van der Waals surface area contributed by atoms with E-state index in [1.165, 1.54) is 30.2 Å². The fraction of sp³-hybridized carbons (Fsp3) is 0.257. The van der Waals surface area contributed by atoms with E-state index in [4.69, 9.17) is 16.3 Å². The zero-order valence-corrected chi connectivity index (χ0v) is 27.0. The van der Waals surface area contributed by atoms with Gasteiger partial charge < -0.3 is 15.0 Å². The molecule has 10 heteroatoms. The fourth-order valence-electron chi connectivity index (χ4n) is 4.90. The molecule has 4 aromatic rings. The highest BCUT2D eigenvalue weighted by molar-refractivity contribution is 7.92. The molecule has 0 fully saturated rings. The highest BCUT2D eigenvalue weighted by atomic mass is 35.5. The van der Waals surface area contributed by atoms with Crippen molar-refractivity contribution in [2.45, 2.75) is 43.7 Å². The molecular weight excluding hydrogens is 610 g/mol. The zero-order valence-electron chi connectivity index (χ0n) is 25.4. The number of hydrogen-bond donors (Lipinski definition) is 1. The SMILES string of the molecule is CCCCNC(=O)C(Cc1ccccc1)N(Cc1ccccc1)C(=O)CN(c1ccc(OC)c(Cl)c1)S(=O)(=O)c1ccccc1. The van der Waals surface area contributed by atoms with Crippen molar-refractivity contribution in [1.29, 1.82) is 0 Å². The number of ether oxygens (including phenoxy) is 1. The van der Waals surface area contributed by atoms with E-state index in [2.05, 4.69) is 5.32 Å². The molecule has 0 aliphatic carbocycles. The maximum atomic E-state index is 14.5. The van der Waals surface area contributed by atoms with Gasteiger partial charge in [-0.1, -0.05) is 104 Å². The molecule has 0 bridgehead atoms. The predicted molar refractivity (Wildman–Crippen MR) is 178 cm³/mol. The van der Waals surface area contributed by atoms with Gasteiger partial charge >= 0.3 is 0 Å². The molecule has 0 aromatic heterocycles. The minimum atomic E-state index is -4.23. The zero-order chi connectivity index (χ0) is 32.2. The molecule has 236 valence electrons. The van der Waals surface area contributed by atoms with E-state index in [-0.39, 0.29) is 34.5 Å². The van der Waals surface area contributed by atoms with E-state index in [1.54, 1.807) is 30.3 Å². The number of unbranched alkanes of at least 4 members (excludes halogenated alkanes) is 1.